The van der Waals surface area contributed by atoms with Gasteiger partial charge in [-0.15, -0.1) is 0 Å². The molecule has 0 saturated carbocycles. The van der Waals surface area contributed by atoms with E-state index >= 15 is 0 Å². The number of carbonyl (C=O) groups is 1. The number of ether oxygens (including phenoxy) is 1. The van der Waals surface area contributed by atoms with Gasteiger partial charge in [-0.05, 0) is 33.1 Å². The molecule has 0 aliphatic carbocycles. The van der Waals surface area contributed by atoms with E-state index in [4.69, 9.17) is 4.74 Å². The number of aliphatic hydroxyl groups excluding tert-OH is 1. The fourth-order valence-electron chi connectivity index (χ4n) is 2.11. The van der Waals surface area contributed by atoms with Crippen LogP contribution in [0, 0.1) is 5.41 Å². The molecule has 0 saturated heterocycles. The highest BCUT2D eigenvalue weighted by Crippen LogP contribution is 2.37. The van der Waals surface area contributed by atoms with E-state index in [0.717, 1.165) is 37.7 Å². The Bertz CT molecular complexity index is 273. The first-order chi connectivity index (χ1) is 8.41. The lowest BCUT2D eigenvalue weighted by Gasteiger charge is -2.35. The molecule has 18 heavy (non-hydrogen) atoms. The highest BCUT2D eigenvalue weighted by molar-refractivity contribution is 5.82. The van der Waals surface area contributed by atoms with Crippen LogP contribution in [0.1, 0.15) is 66.7 Å². The summed E-state index contributed by atoms with van der Waals surface area (Å²) in [5.74, 6) is -0.453. The fraction of sp³-hybridized carbons (Fsp3) is 0.800. The number of allylic oxidation sites excluding steroid dienone is 1. The Labute approximate surface area is 111 Å². The van der Waals surface area contributed by atoms with E-state index in [1.165, 1.54) is 6.08 Å². The third-order valence-corrected chi connectivity index (χ3v) is 3.59. The molecule has 0 heterocycles. The number of hydrogen-bond donors (Lipinski definition) is 1. The van der Waals surface area contributed by atoms with Crippen molar-refractivity contribution in [1.29, 1.82) is 0 Å². The van der Waals surface area contributed by atoms with Crippen LogP contribution in [-0.4, -0.2) is 17.4 Å². The van der Waals surface area contributed by atoms with Crippen LogP contribution in [0.3, 0.4) is 0 Å². The lowest BCUT2D eigenvalue weighted by Crippen LogP contribution is -2.37. The van der Waals surface area contributed by atoms with Gasteiger partial charge < -0.3 is 9.84 Å². The molecular weight excluding hydrogens is 228 g/mol. The Kier molecular flexibility index (Phi) is 7.92. The summed E-state index contributed by atoms with van der Waals surface area (Å²) < 4.78 is 5.15. The Balaban J connectivity index is 4.70. The molecule has 1 unspecified atom stereocenters. The van der Waals surface area contributed by atoms with Gasteiger partial charge in [0.1, 0.15) is 0 Å². The minimum Gasteiger partial charge on any atom is -0.432 e. The van der Waals surface area contributed by atoms with E-state index in [1.807, 2.05) is 27.7 Å². The van der Waals surface area contributed by atoms with E-state index in [-0.39, 0.29) is 5.41 Å². The molecular formula is C15H28O3. The Morgan fingerprint density at radius 3 is 2.22 bits per heavy atom. The molecule has 106 valence electrons. The molecule has 0 aliphatic rings. The molecule has 1 atom stereocenters. The summed E-state index contributed by atoms with van der Waals surface area (Å²) in [6.07, 6.45) is 5.04. The second-order valence-electron chi connectivity index (χ2n) is 5.18. The summed E-state index contributed by atoms with van der Waals surface area (Å²) in [4.78, 5) is 11.6. The molecule has 0 aliphatic heterocycles. The zero-order valence-corrected chi connectivity index (χ0v) is 12.5. The van der Waals surface area contributed by atoms with Crippen molar-refractivity contribution in [1.82, 2.24) is 0 Å². The van der Waals surface area contributed by atoms with Crippen molar-refractivity contribution in [3.8, 4) is 0 Å². The number of aliphatic hydroxyl groups is 1. The van der Waals surface area contributed by atoms with E-state index in [0.29, 0.717) is 0 Å². The summed E-state index contributed by atoms with van der Waals surface area (Å²) in [6, 6.07) is 0. The fourth-order valence-corrected chi connectivity index (χ4v) is 2.11. The van der Waals surface area contributed by atoms with Gasteiger partial charge in [0.05, 0.1) is 0 Å². The normalized spacial score (nSPS) is 13.0. The molecule has 0 bridgehead atoms. The molecule has 3 nitrogen and oxygen atoms in total. The number of hydrogen-bond acceptors (Lipinski definition) is 3. The zero-order valence-electron chi connectivity index (χ0n) is 12.5. The van der Waals surface area contributed by atoms with Crippen molar-refractivity contribution in [3.05, 3.63) is 11.6 Å². The summed E-state index contributed by atoms with van der Waals surface area (Å²) in [5, 5.41) is 10.2. The summed E-state index contributed by atoms with van der Waals surface area (Å²) >= 11 is 0. The van der Waals surface area contributed by atoms with Crippen LogP contribution in [0.5, 0.6) is 0 Å². The lowest BCUT2D eigenvalue weighted by molar-refractivity contribution is -0.191. The van der Waals surface area contributed by atoms with E-state index in [1.54, 1.807) is 0 Å². The first kappa shape index (κ1) is 17.2. The van der Waals surface area contributed by atoms with Gasteiger partial charge in [-0.3, -0.25) is 0 Å². The molecule has 0 rings (SSSR count). The van der Waals surface area contributed by atoms with Crippen molar-refractivity contribution >= 4 is 5.97 Å². The Morgan fingerprint density at radius 2 is 1.83 bits per heavy atom. The molecule has 0 aromatic carbocycles. The van der Waals surface area contributed by atoms with Crippen LogP contribution in [-0.2, 0) is 9.53 Å². The predicted octanol–water partition coefficient (Wildman–Crippen LogP) is 3.81. The van der Waals surface area contributed by atoms with Gasteiger partial charge in [-0.25, -0.2) is 4.79 Å². The van der Waals surface area contributed by atoms with Gasteiger partial charge >= 0.3 is 5.97 Å². The van der Waals surface area contributed by atoms with Crippen molar-refractivity contribution in [2.75, 3.05) is 0 Å². The highest BCUT2D eigenvalue weighted by Gasteiger charge is 2.36. The molecule has 0 fully saturated rings. The Hall–Kier alpha value is -0.830. The number of esters is 1. The SMILES string of the molecule is CCCCC(CC)(CC)C(O)OC(=O)C=C(C)C. The molecule has 3 heteroatoms. The van der Waals surface area contributed by atoms with Crippen LogP contribution >= 0.6 is 0 Å². The molecule has 0 aromatic rings. The Morgan fingerprint density at radius 1 is 1.28 bits per heavy atom. The second-order valence-corrected chi connectivity index (χ2v) is 5.18. The average Bonchev–Trinajstić information content (AvgIpc) is 2.29. The predicted molar refractivity (Wildman–Crippen MR) is 74.1 cm³/mol. The summed E-state index contributed by atoms with van der Waals surface area (Å²) in [7, 11) is 0. The highest BCUT2D eigenvalue weighted by atomic mass is 16.6. The second kappa shape index (κ2) is 8.30. The van der Waals surface area contributed by atoms with Gasteiger partial charge in [-0.1, -0.05) is 39.2 Å². The minimum absolute atomic E-state index is 0.304. The third kappa shape index (κ3) is 5.21. The molecule has 0 spiro atoms. The van der Waals surface area contributed by atoms with Crippen molar-refractivity contribution in [3.63, 3.8) is 0 Å². The van der Waals surface area contributed by atoms with E-state index in [2.05, 4.69) is 6.92 Å². The molecule has 0 aromatic heterocycles. The zero-order chi connectivity index (χ0) is 14.2. The van der Waals surface area contributed by atoms with Crippen molar-refractivity contribution in [2.45, 2.75) is 73.0 Å². The summed E-state index contributed by atoms with van der Waals surface area (Å²) in [5.41, 5.74) is 0.570. The minimum atomic E-state index is -1.01. The van der Waals surface area contributed by atoms with Gasteiger partial charge in [0.2, 0.25) is 6.29 Å². The van der Waals surface area contributed by atoms with E-state index < -0.39 is 12.3 Å². The monoisotopic (exact) mass is 256 g/mol. The van der Waals surface area contributed by atoms with Crippen molar-refractivity contribution in [2.24, 2.45) is 5.41 Å². The van der Waals surface area contributed by atoms with E-state index in [9.17, 15) is 9.90 Å². The van der Waals surface area contributed by atoms with Gasteiger partial charge in [0, 0.05) is 11.5 Å². The molecule has 1 N–H and O–H groups in total. The standard InChI is InChI=1S/C15H28O3/c1-6-9-10-15(7-2,8-3)14(17)18-13(16)11-12(4)5/h11,14,17H,6-10H2,1-5H3. The lowest BCUT2D eigenvalue weighted by atomic mass is 9.77. The van der Waals surface area contributed by atoms with Crippen LogP contribution in [0.15, 0.2) is 11.6 Å². The van der Waals surface area contributed by atoms with Gasteiger partial charge in [0.25, 0.3) is 0 Å². The maximum Gasteiger partial charge on any atom is 0.332 e. The average molecular weight is 256 g/mol. The quantitative estimate of drug-likeness (QED) is 0.408. The number of unbranched alkanes of at least 4 members (excludes halogenated alkanes) is 1. The van der Waals surface area contributed by atoms with Crippen LogP contribution < -0.4 is 0 Å². The number of carbonyl (C=O) groups excluding carboxylic acids is 1. The van der Waals surface area contributed by atoms with Crippen LogP contribution in [0.2, 0.25) is 0 Å². The third-order valence-electron chi connectivity index (χ3n) is 3.59. The van der Waals surface area contributed by atoms with Crippen molar-refractivity contribution < 1.29 is 14.6 Å². The van der Waals surface area contributed by atoms with Crippen LogP contribution in [0.4, 0.5) is 0 Å². The first-order valence-electron chi connectivity index (χ1n) is 6.95. The summed E-state index contributed by atoms with van der Waals surface area (Å²) in [6.45, 7) is 9.86. The first-order valence-corrected chi connectivity index (χ1v) is 6.95. The van der Waals surface area contributed by atoms with Gasteiger partial charge in [0.15, 0.2) is 0 Å². The van der Waals surface area contributed by atoms with Gasteiger partial charge in [-0.2, -0.15) is 0 Å². The smallest absolute Gasteiger partial charge is 0.332 e. The molecule has 0 radical (unpaired) electrons. The number of rotatable bonds is 8. The largest absolute Gasteiger partial charge is 0.432 e. The molecule has 0 amide bonds. The maximum atomic E-state index is 11.6. The topological polar surface area (TPSA) is 46.5 Å². The van der Waals surface area contributed by atoms with Crippen LogP contribution in [0.25, 0.3) is 0 Å². The maximum absolute atomic E-state index is 11.6.